The Balaban J connectivity index is 1.39. The van der Waals surface area contributed by atoms with Crippen LogP contribution in [0.15, 0.2) is 81.7 Å². The highest BCUT2D eigenvalue weighted by Crippen LogP contribution is 2.35. The highest BCUT2D eigenvalue weighted by atomic mass is 79.9. The molecule has 4 nitrogen and oxygen atoms in total. The van der Waals surface area contributed by atoms with E-state index in [1.807, 2.05) is 48.5 Å². The van der Waals surface area contributed by atoms with Gasteiger partial charge in [-0.3, -0.25) is 9.59 Å². The van der Waals surface area contributed by atoms with Gasteiger partial charge in [-0.2, -0.15) is 0 Å². The number of fused-ring (bicyclic) bond motifs is 1. The first-order chi connectivity index (χ1) is 14.5. The zero-order chi connectivity index (χ0) is 21.1. The summed E-state index contributed by atoms with van der Waals surface area (Å²) in [4.78, 5) is 25.6. The Morgan fingerprint density at radius 3 is 2.10 bits per heavy atom. The Bertz CT molecular complexity index is 1220. The normalized spacial score (nSPS) is 10.7. The van der Waals surface area contributed by atoms with Crippen molar-refractivity contribution < 1.29 is 9.59 Å². The molecule has 1 heterocycles. The van der Waals surface area contributed by atoms with Gasteiger partial charge in [0.2, 0.25) is 5.91 Å². The van der Waals surface area contributed by atoms with Crippen LogP contribution in [-0.4, -0.2) is 11.8 Å². The number of halogens is 2. The third-order valence-electron chi connectivity index (χ3n) is 4.45. The molecule has 0 unspecified atom stereocenters. The predicted molar refractivity (Wildman–Crippen MR) is 130 cm³/mol. The van der Waals surface area contributed by atoms with Gasteiger partial charge in [-0.15, -0.1) is 11.3 Å². The molecule has 0 spiro atoms. The fourth-order valence-corrected chi connectivity index (χ4v) is 5.13. The summed E-state index contributed by atoms with van der Waals surface area (Å²) < 4.78 is 2.84. The molecule has 0 bridgehead atoms. The zero-order valence-corrected chi connectivity index (χ0v) is 19.6. The quantitative estimate of drug-likeness (QED) is 0.289. The van der Waals surface area contributed by atoms with Crippen molar-refractivity contribution in [3.63, 3.8) is 0 Å². The van der Waals surface area contributed by atoms with Crippen molar-refractivity contribution in [1.82, 2.24) is 0 Å². The number of hydrogen-bond acceptors (Lipinski definition) is 3. The Labute approximate surface area is 194 Å². The molecule has 0 fully saturated rings. The van der Waals surface area contributed by atoms with Crippen molar-refractivity contribution >= 4 is 76.5 Å². The highest BCUT2D eigenvalue weighted by molar-refractivity contribution is 9.11. The SMILES string of the molecule is O=C(Cc1ccc(Br)cc1)Nc1ccc(NC(=O)c2sc3ccccc3c2Br)cc1. The monoisotopic (exact) mass is 542 g/mol. The average Bonchev–Trinajstić information content (AvgIpc) is 3.08. The standard InChI is InChI=1S/C23H16Br2N2O2S/c24-15-7-5-14(6-8-15)13-20(28)26-16-9-11-17(12-10-16)27-23(29)22-21(25)18-3-1-2-4-19(18)30-22/h1-12H,13H2,(H,26,28)(H,27,29). The lowest BCUT2D eigenvalue weighted by Gasteiger charge is -2.08. The lowest BCUT2D eigenvalue weighted by molar-refractivity contribution is -0.115. The predicted octanol–water partition coefficient (Wildman–Crippen LogP) is 6.86. The molecule has 0 saturated carbocycles. The van der Waals surface area contributed by atoms with Gasteiger partial charge >= 0.3 is 0 Å². The number of nitrogens with one attached hydrogen (secondary N) is 2. The minimum atomic E-state index is -0.171. The van der Waals surface area contributed by atoms with Crippen molar-refractivity contribution in [1.29, 1.82) is 0 Å². The molecule has 0 aliphatic heterocycles. The maximum absolute atomic E-state index is 12.7. The molecule has 7 heteroatoms. The maximum Gasteiger partial charge on any atom is 0.266 e. The lowest BCUT2D eigenvalue weighted by atomic mass is 10.1. The van der Waals surface area contributed by atoms with E-state index in [2.05, 4.69) is 42.5 Å². The Kier molecular flexibility index (Phi) is 6.32. The van der Waals surface area contributed by atoms with Crippen LogP contribution < -0.4 is 10.6 Å². The van der Waals surface area contributed by atoms with Crippen LogP contribution in [-0.2, 0) is 11.2 Å². The molecule has 4 aromatic rings. The van der Waals surface area contributed by atoms with E-state index in [1.165, 1.54) is 11.3 Å². The van der Waals surface area contributed by atoms with Crippen molar-refractivity contribution in [2.45, 2.75) is 6.42 Å². The molecule has 2 amide bonds. The molecule has 150 valence electrons. The Morgan fingerprint density at radius 2 is 1.43 bits per heavy atom. The van der Waals surface area contributed by atoms with E-state index in [4.69, 9.17) is 0 Å². The van der Waals surface area contributed by atoms with Crippen LogP contribution in [0.2, 0.25) is 0 Å². The number of thiophene rings is 1. The van der Waals surface area contributed by atoms with Crippen molar-refractivity contribution in [3.8, 4) is 0 Å². The van der Waals surface area contributed by atoms with Crippen LogP contribution in [0.4, 0.5) is 11.4 Å². The molecule has 1 aromatic heterocycles. The Hall–Kier alpha value is -2.48. The molecule has 0 radical (unpaired) electrons. The van der Waals surface area contributed by atoms with Crippen LogP contribution >= 0.6 is 43.2 Å². The molecular weight excluding hydrogens is 528 g/mol. The number of hydrogen-bond donors (Lipinski definition) is 2. The second-order valence-electron chi connectivity index (χ2n) is 6.62. The van der Waals surface area contributed by atoms with Crippen LogP contribution in [0.25, 0.3) is 10.1 Å². The summed E-state index contributed by atoms with van der Waals surface area (Å²) in [5.41, 5.74) is 2.28. The minimum absolute atomic E-state index is 0.0942. The second kappa shape index (κ2) is 9.12. The van der Waals surface area contributed by atoms with Crippen LogP contribution in [0.3, 0.4) is 0 Å². The van der Waals surface area contributed by atoms with Crippen molar-refractivity contribution in [3.05, 3.63) is 92.2 Å². The van der Waals surface area contributed by atoms with Crippen molar-refractivity contribution in [2.75, 3.05) is 10.6 Å². The Morgan fingerprint density at radius 1 is 0.800 bits per heavy atom. The molecule has 30 heavy (non-hydrogen) atoms. The molecule has 0 atom stereocenters. The van der Waals surface area contributed by atoms with Gasteiger partial charge in [0.05, 0.1) is 6.42 Å². The zero-order valence-electron chi connectivity index (χ0n) is 15.6. The molecule has 0 saturated heterocycles. The van der Waals surface area contributed by atoms with E-state index in [0.29, 0.717) is 22.7 Å². The number of carbonyl (C=O) groups excluding carboxylic acids is 2. The summed E-state index contributed by atoms with van der Waals surface area (Å²) >= 11 is 8.36. The first-order valence-corrected chi connectivity index (χ1v) is 11.5. The van der Waals surface area contributed by atoms with Gasteiger partial charge < -0.3 is 10.6 Å². The molecule has 3 aromatic carbocycles. The van der Waals surface area contributed by atoms with E-state index >= 15 is 0 Å². The summed E-state index contributed by atoms with van der Waals surface area (Å²) in [5.74, 6) is -0.265. The summed E-state index contributed by atoms with van der Waals surface area (Å²) in [7, 11) is 0. The average molecular weight is 544 g/mol. The largest absolute Gasteiger partial charge is 0.326 e. The second-order valence-corrected chi connectivity index (χ2v) is 9.39. The number of benzene rings is 3. The molecule has 0 aliphatic carbocycles. The van der Waals surface area contributed by atoms with E-state index < -0.39 is 0 Å². The summed E-state index contributed by atoms with van der Waals surface area (Å²) in [6.07, 6.45) is 0.297. The van der Waals surface area contributed by atoms with Gasteiger partial charge in [0.15, 0.2) is 0 Å². The molecule has 4 rings (SSSR count). The van der Waals surface area contributed by atoms with E-state index in [-0.39, 0.29) is 11.8 Å². The van der Waals surface area contributed by atoms with Gasteiger partial charge in [-0.05, 0) is 64.0 Å². The smallest absolute Gasteiger partial charge is 0.266 e. The van der Waals surface area contributed by atoms with Crippen LogP contribution in [0.1, 0.15) is 15.2 Å². The van der Waals surface area contributed by atoms with Crippen LogP contribution in [0.5, 0.6) is 0 Å². The van der Waals surface area contributed by atoms with Gasteiger partial charge in [0.1, 0.15) is 4.88 Å². The third-order valence-corrected chi connectivity index (χ3v) is 7.23. The highest BCUT2D eigenvalue weighted by Gasteiger charge is 2.16. The fourth-order valence-electron chi connectivity index (χ4n) is 2.98. The number of rotatable bonds is 5. The van der Waals surface area contributed by atoms with E-state index in [1.54, 1.807) is 24.3 Å². The van der Waals surface area contributed by atoms with E-state index in [0.717, 1.165) is 24.6 Å². The van der Waals surface area contributed by atoms with Crippen molar-refractivity contribution in [2.24, 2.45) is 0 Å². The van der Waals surface area contributed by atoms with E-state index in [9.17, 15) is 9.59 Å². The van der Waals surface area contributed by atoms with Gasteiger partial charge in [0.25, 0.3) is 5.91 Å². The maximum atomic E-state index is 12.7. The first kappa shape index (κ1) is 20.8. The number of carbonyl (C=O) groups is 2. The number of amides is 2. The summed E-state index contributed by atoms with van der Waals surface area (Å²) in [6.45, 7) is 0. The number of anilines is 2. The first-order valence-electron chi connectivity index (χ1n) is 9.12. The molecule has 0 aliphatic rings. The fraction of sp³-hybridized carbons (Fsp3) is 0.0435. The van der Waals surface area contributed by atoms with Gasteiger partial charge in [0, 0.05) is 30.4 Å². The summed E-state index contributed by atoms with van der Waals surface area (Å²) in [6, 6.07) is 22.6. The third kappa shape index (κ3) is 4.80. The molecular formula is C23H16Br2N2O2S. The topological polar surface area (TPSA) is 58.2 Å². The molecule has 2 N–H and O–H groups in total. The summed E-state index contributed by atoms with van der Waals surface area (Å²) in [5, 5.41) is 6.81. The van der Waals surface area contributed by atoms with Gasteiger partial charge in [-0.1, -0.05) is 46.3 Å². The van der Waals surface area contributed by atoms with Gasteiger partial charge in [-0.25, -0.2) is 0 Å². The lowest BCUT2D eigenvalue weighted by Crippen LogP contribution is -2.14. The minimum Gasteiger partial charge on any atom is -0.326 e. The van der Waals surface area contributed by atoms with Crippen LogP contribution in [0, 0.1) is 0 Å².